The monoisotopic (exact) mass is 300 g/mol. The molecule has 0 heterocycles. The molecule has 120 valence electrons. The van der Waals surface area contributed by atoms with Gasteiger partial charge in [-0.3, -0.25) is 4.79 Å². The second kappa shape index (κ2) is 8.14. The minimum absolute atomic E-state index is 0.0193. The molecule has 0 aromatic heterocycles. The Balaban J connectivity index is 2.03. The molecule has 1 saturated carbocycles. The first-order valence-corrected chi connectivity index (χ1v) is 8.32. The zero-order chi connectivity index (χ0) is 15.8. The van der Waals surface area contributed by atoms with Crippen molar-refractivity contribution >= 4 is 5.91 Å². The van der Waals surface area contributed by atoms with Crippen LogP contribution in [-0.4, -0.2) is 23.9 Å². The second-order valence-electron chi connectivity index (χ2n) is 6.49. The van der Waals surface area contributed by atoms with E-state index >= 15 is 0 Å². The maximum absolute atomic E-state index is 12.8. The van der Waals surface area contributed by atoms with Crippen molar-refractivity contribution in [1.29, 1.82) is 0 Å². The molecule has 2 N–H and O–H groups in total. The first-order chi connectivity index (χ1) is 10.7. The van der Waals surface area contributed by atoms with Gasteiger partial charge in [-0.05, 0) is 30.4 Å². The van der Waals surface area contributed by atoms with Gasteiger partial charge in [-0.1, -0.05) is 55.7 Å². The van der Waals surface area contributed by atoms with Crippen LogP contribution in [0.2, 0.25) is 0 Å². The fourth-order valence-corrected chi connectivity index (χ4v) is 3.40. The molecule has 0 radical (unpaired) electrons. The van der Waals surface area contributed by atoms with Gasteiger partial charge in [-0.25, -0.2) is 0 Å². The van der Waals surface area contributed by atoms with Crippen LogP contribution in [0.25, 0.3) is 0 Å². The summed E-state index contributed by atoms with van der Waals surface area (Å²) in [4.78, 5) is 14.7. The predicted molar refractivity (Wildman–Crippen MR) is 91.2 cm³/mol. The summed E-state index contributed by atoms with van der Waals surface area (Å²) < 4.78 is 0. The van der Waals surface area contributed by atoms with Gasteiger partial charge in [-0.15, -0.1) is 6.58 Å². The molecule has 1 aliphatic carbocycles. The number of rotatable bonds is 7. The lowest BCUT2D eigenvalue weighted by atomic mass is 9.71. The van der Waals surface area contributed by atoms with E-state index in [0.29, 0.717) is 26.1 Å². The molecule has 0 saturated heterocycles. The predicted octanol–water partition coefficient (Wildman–Crippen LogP) is 3.50. The molecule has 0 aliphatic heterocycles. The zero-order valence-electron chi connectivity index (χ0n) is 13.5. The summed E-state index contributed by atoms with van der Waals surface area (Å²) in [6, 6.07) is 10.1. The molecule has 1 aliphatic rings. The average Bonchev–Trinajstić information content (AvgIpc) is 2.56. The van der Waals surface area contributed by atoms with Gasteiger partial charge in [0.25, 0.3) is 0 Å². The summed E-state index contributed by atoms with van der Waals surface area (Å²) >= 11 is 0. The lowest BCUT2D eigenvalue weighted by molar-refractivity contribution is -0.134. The van der Waals surface area contributed by atoms with Gasteiger partial charge >= 0.3 is 0 Å². The molecule has 0 spiro atoms. The molecular formula is C19H28N2O. The number of nitrogens with zero attached hydrogens (tertiary/aromatic N) is 1. The van der Waals surface area contributed by atoms with Crippen molar-refractivity contribution in [1.82, 2.24) is 4.90 Å². The second-order valence-corrected chi connectivity index (χ2v) is 6.49. The lowest BCUT2D eigenvalue weighted by Crippen LogP contribution is -2.40. The normalized spacial score (nSPS) is 17.0. The number of amides is 1. The van der Waals surface area contributed by atoms with Gasteiger partial charge in [0.2, 0.25) is 5.91 Å². The highest BCUT2D eigenvalue weighted by molar-refractivity contribution is 5.77. The van der Waals surface area contributed by atoms with Crippen molar-refractivity contribution in [3.63, 3.8) is 0 Å². The number of benzene rings is 1. The third-order valence-electron chi connectivity index (χ3n) is 4.79. The van der Waals surface area contributed by atoms with Gasteiger partial charge in [0.15, 0.2) is 0 Å². The van der Waals surface area contributed by atoms with Crippen LogP contribution >= 0.6 is 0 Å². The molecule has 3 nitrogen and oxygen atoms in total. The van der Waals surface area contributed by atoms with E-state index in [4.69, 9.17) is 5.73 Å². The Morgan fingerprint density at radius 1 is 1.23 bits per heavy atom. The maximum atomic E-state index is 12.8. The summed E-state index contributed by atoms with van der Waals surface area (Å²) in [7, 11) is 0. The van der Waals surface area contributed by atoms with Crippen LogP contribution < -0.4 is 5.73 Å². The van der Waals surface area contributed by atoms with E-state index < -0.39 is 0 Å². The van der Waals surface area contributed by atoms with Gasteiger partial charge in [0.1, 0.15) is 0 Å². The highest BCUT2D eigenvalue weighted by Crippen LogP contribution is 2.38. The summed E-state index contributed by atoms with van der Waals surface area (Å²) in [5.74, 6) is 0.205. The van der Waals surface area contributed by atoms with E-state index in [1.165, 1.54) is 19.3 Å². The maximum Gasteiger partial charge on any atom is 0.223 e. The van der Waals surface area contributed by atoms with Crippen molar-refractivity contribution in [2.24, 2.45) is 11.1 Å². The molecule has 1 aromatic carbocycles. The number of carbonyl (C=O) groups is 1. The highest BCUT2D eigenvalue weighted by Gasteiger charge is 2.34. The summed E-state index contributed by atoms with van der Waals surface area (Å²) in [6.45, 7) is 5.64. The van der Waals surface area contributed by atoms with E-state index in [-0.39, 0.29) is 11.3 Å². The minimum Gasteiger partial charge on any atom is -0.335 e. The fraction of sp³-hybridized carbons (Fsp3) is 0.526. The Labute approximate surface area is 134 Å². The van der Waals surface area contributed by atoms with Crippen LogP contribution in [0.1, 0.15) is 44.1 Å². The van der Waals surface area contributed by atoms with Crippen LogP contribution in [0.15, 0.2) is 43.0 Å². The van der Waals surface area contributed by atoms with Gasteiger partial charge < -0.3 is 10.6 Å². The zero-order valence-corrected chi connectivity index (χ0v) is 13.5. The molecule has 1 fully saturated rings. The summed E-state index contributed by atoms with van der Waals surface area (Å²) in [5.41, 5.74) is 7.20. The quantitative estimate of drug-likeness (QED) is 0.783. The molecule has 1 aromatic rings. The van der Waals surface area contributed by atoms with E-state index in [2.05, 4.69) is 18.7 Å². The Morgan fingerprint density at radius 2 is 1.91 bits per heavy atom. The molecule has 0 atom stereocenters. The van der Waals surface area contributed by atoms with Crippen molar-refractivity contribution in [3.8, 4) is 0 Å². The Morgan fingerprint density at radius 3 is 2.50 bits per heavy atom. The molecule has 2 rings (SSSR count). The Hall–Kier alpha value is -1.61. The summed E-state index contributed by atoms with van der Waals surface area (Å²) in [5, 5.41) is 0. The largest absolute Gasteiger partial charge is 0.335 e. The topological polar surface area (TPSA) is 46.3 Å². The molecule has 22 heavy (non-hydrogen) atoms. The number of hydrogen-bond donors (Lipinski definition) is 1. The van der Waals surface area contributed by atoms with Crippen LogP contribution in [0.5, 0.6) is 0 Å². The standard InChI is InChI=1S/C19H28N2O/c1-2-13-21(15-17-9-5-3-6-10-17)18(22)14-19(16-20)11-7-4-8-12-19/h2-3,5-6,9-10H,1,4,7-8,11-16,20H2. The molecule has 3 heteroatoms. The third kappa shape index (κ3) is 4.44. The fourth-order valence-electron chi connectivity index (χ4n) is 3.40. The molecule has 1 amide bonds. The van der Waals surface area contributed by atoms with Crippen LogP contribution in [-0.2, 0) is 11.3 Å². The Bertz CT molecular complexity index is 477. The SMILES string of the molecule is C=CCN(Cc1ccccc1)C(=O)CC1(CN)CCCCC1. The Kier molecular flexibility index (Phi) is 6.20. The summed E-state index contributed by atoms with van der Waals surface area (Å²) in [6.07, 6.45) is 8.22. The first kappa shape index (κ1) is 16.8. The van der Waals surface area contributed by atoms with Crippen molar-refractivity contribution in [3.05, 3.63) is 48.6 Å². The van der Waals surface area contributed by atoms with Crippen molar-refractivity contribution in [2.75, 3.05) is 13.1 Å². The van der Waals surface area contributed by atoms with E-state index in [1.807, 2.05) is 23.1 Å². The van der Waals surface area contributed by atoms with Crippen molar-refractivity contribution in [2.45, 2.75) is 45.1 Å². The van der Waals surface area contributed by atoms with Crippen LogP contribution in [0.3, 0.4) is 0 Å². The molecule has 0 unspecified atom stereocenters. The number of hydrogen-bond acceptors (Lipinski definition) is 2. The van der Waals surface area contributed by atoms with Gasteiger partial charge in [-0.2, -0.15) is 0 Å². The first-order valence-electron chi connectivity index (χ1n) is 8.32. The van der Waals surface area contributed by atoms with Crippen LogP contribution in [0.4, 0.5) is 0 Å². The van der Waals surface area contributed by atoms with E-state index in [1.54, 1.807) is 6.08 Å². The number of carbonyl (C=O) groups excluding carboxylic acids is 1. The third-order valence-corrected chi connectivity index (χ3v) is 4.79. The smallest absolute Gasteiger partial charge is 0.223 e. The van der Waals surface area contributed by atoms with E-state index in [0.717, 1.165) is 18.4 Å². The van der Waals surface area contributed by atoms with Crippen molar-refractivity contribution < 1.29 is 4.79 Å². The van der Waals surface area contributed by atoms with E-state index in [9.17, 15) is 4.79 Å². The van der Waals surface area contributed by atoms with Gasteiger partial charge in [0, 0.05) is 19.5 Å². The molecule has 0 bridgehead atoms. The number of nitrogens with two attached hydrogens (primary N) is 1. The van der Waals surface area contributed by atoms with Gasteiger partial charge in [0.05, 0.1) is 0 Å². The lowest BCUT2D eigenvalue weighted by Gasteiger charge is -2.37. The molecular weight excluding hydrogens is 272 g/mol. The highest BCUT2D eigenvalue weighted by atomic mass is 16.2. The van der Waals surface area contributed by atoms with Crippen LogP contribution in [0, 0.1) is 5.41 Å². The average molecular weight is 300 g/mol. The minimum atomic E-state index is 0.0193.